The fourth-order valence-corrected chi connectivity index (χ4v) is 3.51. The van der Waals surface area contributed by atoms with E-state index in [4.69, 9.17) is 11.6 Å². The third-order valence-electron chi connectivity index (χ3n) is 4.95. The molecule has 1 aromatic heterocycles. The molecule has 7 nitrogen and oxygen atoms in total. The second-order valence-corrected chi connectivity index (χ2v) is 7.42. The fourth-order valence-electron chi connectivity index (χ4n) is 3.34. The summed E-state index contributed by atoms with van der Waals surface area (Å²) in [6.07, 6.45) is 4.87. The van der Waals surface area contributed by atoms with Gasteiger partial charge in [0.1, 0.15) is 6.04 Å². The summed E-state index contributed by atoms with van der Waals surface area (Å²) in [5.74, 6) is -0.367. The lowest BCUT2D eigenvalue weighted by molar-refractivity contribution is -0.127. The molecule has 0 saturated carbocycles. The van der Waals surface area contributed by atoms with E-state index in [1.165, 1.54) is 4.90 Å². The average molecular weight is 405 g/mol. The summed E-state index contributed by atoms with van der Waals surface area (Å²) in [7, 11) is 0. The molecule has 1 aliphatic heterocycles. The minimum atomic E-state index is -0.637. The molecule has 2 heterocycles. The van der Waals surface area contributed by atoms with Gasteiger partial charge >= 0.3 is 6.03 Å². The van der Waals surface area contributed by atoms with Gasteiger partial charge in [-0.25, -0.2) is 4.79 Å². The van der Waals surface area contributed by atoms with Crippen LogP contribution in [0.2, 0.25) is 5.02 Å². The lowest BCUT2D eigenvalue weighted by Gasteiger charge is -2.12. The van der Waals surface area contributed by atoms with E-state index in [9.17, 15) is 14.4 Å². The number of hydrogen-bond acceptors (Lipinski definition) is 3. The van der Waals surface area contributed by atoms with Gasteiger partial charge < -0.3 is 15.6 Å². The maximum absolute atomic E-state index is 12.5. The van der Waals surface area contributed by atoms with Crippen molar-refractivity contribution in [3.05, 3.63) is 35.0 Å². The van der Waals surface area contributed by atoms with Crippen molar-refractivity contribution < 1.29 is 14.4 Å². The number of hydrogen-bond donors (Lipinski definition) is 3. The summed E-state index contributed by atoms with van der Waals surface area (Å²) in [5, 5.41) is 7.13. The summed E-state index contributed by atoms with van der Waals surface area (Å²) in [6, 6.07) is 4.54. The Morgan fingerprint density at radius 2 is 2.14 bits per heavy atom. The van der Waals surface area contributed by atoms with Crippen LogP contribution in [0.4, 0.5) is 4.79 Å². The number of rotatable bonds is 9. The van der Waals surface area contributed by atoms with Gasteiger partial charge in [0.05, 0.1) is 0 Å². The van der Waals surface area contributed by atoms with Gasteiger partial charge in [0.25, 0.3) is 5.91 Å². The molecule has 150 valence electrons. The molecule has 0 spiro atoms. The highest BCUT2D eigenvalue weighted by Gasteiger charge is 2.37. The van der Waals surface area contributed by atoms with E-state index in [1.807, 2.05) is 24.4 Å². The molecule has 1 saturated heterocycles. The second kappa shape index (κ2) is 9.10. The van der Waals surface area contributed by atoms with E-state index in [2.05, 4.69) is 22.5 Å². The summed E-state index contributed by atoms with van der Waals surface area (Å²) < 4.78 is 0. The van der Waals surface area contributed by atoms with Crippen LogP contribution in [0.1, 0.15) is 38.2 Å². The standard InChI is InChI=1S/C20H25ClN4O3/c1-2-3-9-22-18(26)7-6-17-19(27)25(20(28)24-17)10-8-13-12-23-16-5-4-14(21)11-15(13)16/h4-5,11-12,17,23H,2-3,6-10H2,1H3,(H,22,26)(H,24,28). The Kier molecular flexibility index (Phi) is 6.57. The predicted octanol–water partition coefficient (Wildman–Crippen LogP) is 2.98. The molecule has 4 amide bonds. The monoisotopic (exact) mass is 404 g/mol. The Morgan fingerprint density at radius 1 is 1.32 bits per heavy atom. The van der Waals surface area contributed by atoms with Gasteiger partial charge in [-0.1, -0.05) is 24.9 Å². The molecule has 8 heteroatoms. The van der Waals surface area contributed by atoms with Gasteiger partial charge in [-0.05, 0) is 43.0 Å². The zero-order valence-electron chi connectivity index (χ0n) is 15.9. The number of amides is 4. The normalized spacial score (nSPS) is 16.6. The Bertz CT molecular complexity index is 879. The number of aromatic nitrogens is 1. The van der Waals surface area contributed by atoms with E-state index in [0.29, 0.717) is 24.4 Å². The van der Waals surface area contributed by atoms with Gasteiger partial charge in [0, 0.05) is 41.6 Å². The van der Waals surface area contributed by atoms with Gasteiger partial charge in [-0.3, -0.25) is 14.5 Å². The molecule has 2 aromatic rings. The Hall–Kier alpha value is -2.54. The van der Waals surface area contributed by atoms with E-state index in [-0.39, 0.29) is 24.8 Å². The minimum Gasteiger partial charge on any atom is -0.361 e. The quantitative estimate of drug-likeness (QED) is 0.443. The Balaban J connectivity index is 1.53. The highest BCUT2D eigenvalue weighted by atomic mass is 35.5. The van der Waals surface area contributed by atoms with Crippen LogP contribution in [0, 0.1) is 0 Å². The molecule has 28 heavy (non-hydrogen) atoms. The predicted molar refractivity (Wildman–Crippen MR) is 108 cm³/mol. The van der Waals surface area contributed by atoms with Crippen molar-refractivity contribution in [2.24, 2.45) is 0 Å². The van der Waals surface area contributed by atoms with Crippen molar-refractivity contribution in [1.82, 2.24) is 20.5 Å². The van der Waals surface area contributed by atoms with Crippen LogP contribution in [0.25, 0.3) is 10.9 Å². The highest BCUT2D eigenvalue weighted by molar-refractivity contribution is 6.31. The first-order chi connectivity index (χ1) is 13.5. The van der Waals surface area contributed by atoms with E-state index < -0.39 is 12.1 Å². The van der Waals surface area contributed by atoms with Crippen molar-refractivity contribution in [2.75, 3.05) is 13.1 Å². The number of aromatic amines is 1. The molecule has 1 aromatic carbocycles. The number of benzene rings is 1. The average Bonchev–Trinajstić information content (AvgIpc) is 3.19. The third kappa shape index (κ3) is 4.65. The SMILES string of the molecule is CCCCNC(=O)CCC1NC(=O)N(CCc2c[nH]c3ccc(Cl)cc23)C1=O. The summed E-state index contributed by atoms with van der Waals surface area (Å²) >= 11 is 6.07. The topological polar surface area (TPSA) is 94.3 Å². The van der Waals surface area contributed by atoms with E-state index in [0.717, 1.165) is 29.3 Å². The summed E-state index contributed by atoms with van der Waals surface area (Å²) in [4.78, 5) is 40.9. The van der Waals surface area contributed by atoms with Gasteiger partial charge in [0.2, 0.25) is 5.91 Å². The molecule has 1 unspecified atom stereocenters. The van der Waals surface area contributed by atoms with Crippen LogP contribution in [0.3, 0.4) is 0 Å². The number of unbranched alkanes of at least 4 members (excludes halogenated alkanes) is 1. The first-order valence-corrected chi connectivity index (χ1v) is 10.0. The number of halogens is 1. The lowest BCUT2D eigenvalue weighted by Crippen LogP contribution is -2.34. The third-order valence-corrected chi connectivity index (χ3v) is 5.19. The minimum absolute atomic E-state index is 0.0929. The molecular formula is C20H25ClN4O3. The summed E-state index contributed by atoms with van der Waals surface area (Å²) in [6.45, 7) is 2.97. The van der Waals surface area contributed by atoms with Crippen molar-refractivity contribution in [3.8, 4) is 0 Å². The molecule has 0 bridgehead atoms. The van der Waals surface area contributed by atoms with Crippen LogP contribution in [-0.4, -0.2) is 46.9 Å². The van der Waals surface area contributed by atoms with E-state index in [1.54, 1.807) is 0 Å². The molecule has 0 aliphatic carbocycles. The van der Waals surface area contributed by atoms with Crippen molar-refractivity contribution in [3.63, 3.8) is 0 Å². The van der Waals surface area contributed by atoms with Crippen molar-refractivity contribution in [1.29, 1.82) is 0 Å². The molecule has 1 fully saturated rings. The van der Waals surface area contributed by atoms with Crippen molar-refractivity contribution in [2.45, 2.75) is 45.1 Å². The maximum Gasteiger partial charge on any atom is 0.324 e. The number of urea groups is 1. The number of nitrogens with zero attached hydrogens (tertiary/aromatic N) is 1. The highest BCUT2D eigenvalue weighted by Crippen LogP contribution is 2.23. The maximum atomic E-state index is 12.5. The zero-order valence-corrected chi connectivity index (χ0v) is 16.6. The Labute approximate surface area is 168 Å². The number of H-pyrrole nitrogens is 1. The molecule has 3 N–H and O–H groups in total. The lowest BCUT2D eigenvalue weighted by atomic mass is 10.1. The number of fused-ring (bicyclic) bond motifs is 1. The molecular weight excluding hydrogens is 380 g/mol. The summed E-state index contributed by atoms with van der Waals surface area (Å²) in [5.41, 5.74) is 1.96. The largest absolute Gasteiger partial charge is 0.361 e. The van der Waals surface area contributed by atoms with Crippen LogP contribution in [0.5, 0.6) is 0 Å². The van der Waals surface area contributed by atoms with Gasteiger partial charge in [-0.15, -0.1) is 0 Å². The fraction of sp³-hybridized carbons (Fsp3) is 0.450. The Morgan fingerprint density at radius 3 is 2.93 bits per heavy atom. The van der Waals surface area contributed by atoms with Crippen molar-refractivity contribution >= 4 is 40.3 Å². The number of imide groups is 1. The van der Waals surface area contributed by atoms with Gasteiger partial charge in [-0.2, -0.15) is 0 Å². The molecule has 1 aliphatic rings. The van der Waals surface area contributed by atoms with Crippen LogP contribution in [-0.2, 0) is 16.0 Å². The second-order valence-electron chi connectivity index (χ2n) is 6.99. The molecule has 3 rings (SSSR count). The smallest absolute Gasteiger partial charge is 0.324 e. The van der Waals surface area contributed by atoms with Crippen LogP contribution >= 0.6 is 11.6 Å². The molecule has 0 radical (unpaired) electrons. The van der Waals surface area contributed by atoms with Crippen LogP contribution < -0.4 is 10.6 Å². The molecule has 1 atom stereocenters. The number of carbonyl (C=O) groups excluding carboxylic acids is 3. The van der Waals surface area contributed by atoms with E-state index >= 15 is 0 Å². The first kappa shape index (κ1) is 20.2. The van der Waals surface area contributed by atoms with Crippen LogP contribution in [0.15, 0.2) is 24.4 Å². The van der Waals surface area contributed by atoms with Gasteiger partial charge in [0.15, 0.2) is 0 Å². The number of nitrogens with one attached hydrogen (secondary N) is 3. The first-order valence-electron chi connectivity index (χ1n) is 9.63. The zero-order chi connectivity index (χ0) is 20.1. The number of carbonyl (C=O) groups is 3.